The predicted octanol–water partition coefficient (Wildman–Crippen LogP) is 3.51. The summed E-state index contributed by atoms with van der Waals surface area (Å²) in [6.45, 7) is 2.53. The molecule has 0 atom stereocenters. The number of nitrogens with one attached hydrogen (secondary N) is 1. The highest BCUT2D eigenvalue weighted by Crippen LogP contribution is 2.35. The fourth-order valence-corrected chi connectivity index (χ4v) is 4.66. The maximum absolute atomic E-state index is 12.5. The molecule has 0 saturated heterocycles. The lowest BCUT2D eigenvalue weighted by atomic mass is 9.96. The van der Waals surface area contributed by atoms with Crippen LogP contribution in [0.25, 0.3) is 10.2 Å². The fourth-order valence-electron chi connectivity index (χ4n) is 3.51. The van der Waals surface area contributed by atoms with Crippen LogP contribution < -0.4 is 5.32 Å². The van der Waals surface area contributed by atoms with Crippen LogP contribution in [0.15, 0.2) is 6.07 Å². The van der Waals surface area contributed by atoms with Crippen LogP contribution in [0.1, 0.15) is 66.4 Å². The van der Waals surface area contributed by atoms with Gasteiger partial charge in [0, 0.05) is 32.4 Å². The summed E-state index contributed by atoms with van der Waals surface area (Å²) < 4.78 is 2.15. The van der Waals surface area contributed by atoms with Gasteiger partial charge >= 0.3 is 0 Å². The van der Waals surface area contributed by atoms with E-state index in [0.29, 0.717) is 25.4 Å². The molecule has 2 aromatic heterocycles. The highest BCUT2D eigenvalue weighted by atomic mass is 32.1. The normalized spacial score (nSPS) is 15.3. The smallest absolute Gasteiger partial charge is 0.261 e. The number of carbonyl (C=O) groups is 2. The summed E-state index contributed by atoms with van der Waals surface area (Å²) in [5.41, 5.74) is 0.998. The Kier molecular flexibility index (Phi) is 5.96. The van der Waals surface area contributed by atoms with Gasteiger partial charge in [-0.2, -0.15) is 5.10 Å². The summed E-state index contributed by atoms with van der Waals surface area (Å²) in [7, 11) is 3.49. The van der Waals surface area contributed by atoms with Gasteiger partial charge in [-0.15, -0.1) is 11.3 Å². The molecule has 2 amide bonds. The molecule has 0 aliphatic heterocycles. The molecular formula is C19H28N4O2S. The minimum absolute atomic E-state index is 0.0573. The lowest BCUT2D eigenvalue weighted by Gasteiger charge is -2.22. The number of rotatable bonds is 6. The Morgan fingerprint density at radius 3 is 2.73 bits per heavy atom. The molecule has 3 rings (SSSR count). The van der Waals surface area contributed by atoms with E-state index >= 15 is 0 Å². The van der Waals surface area contributed by atoms with Crippen molar-refractivity contribution in [2.24, 2.45) is 0 Å². The average molecular weight is 377 g/mol. The zero-order valence-electron chi connectivity index (χ0n) is 15.9. The topological polar surface area (TPSA) is 67.2 Å². The van der Waals surface area contributed by atoms with Gasteiger partial charge in [0.2, 0.25) is 5.91 Å². The lowest BCUT2D eigenvalue weighted by molar-refractivity contribution is -0.128. The third kappa shape index (κ3) is 4.09. The van der Waals surface area contributed by atoms with Crippen molar-refractivity contribution in [3.8, 4) is 0 Å². The second kappa shape index (κ2) is 8.20. The third-order valence-corrected chi connectivity index (χ3v) is 6.19. The van der Waals surface area contributed by atoms with E-state index in [1.54, 1.807) is 19.0 Å². The number of nitrogens with zero attached hydrogens (tertiary/aromatic N) is 3. The van der Waals surface area contributed by atoms with E-state index in [-0.39, 0.29) is 11.8 Å². The van der Waals surface area contributed by atoms with Crippen LogP contribution in [0.5, 0.6) is 0 Å². The van der Waals surface area contributed by atoms with E-state index in [9.17, 15) is 9.59 Å². The van der Waals surface area contributed by atoms with E-state index in [2.05, 4.69) is 10.00 Å². The molecule has 0 aromatic carbocycles. The Morgan fingerprint density at radius 2 is 2.04 bits per heavy atom. The molecule has 7 heteroatoms. The van der Waals surface area contributed by atoms with E-state index in [4.69, 9.17) is 5.10 Å². The number of fused-ring (bicyclic) bond motifs is 1. The van der Waals surface area contributed by atoms with Crippen LogP contribution in [-0.2, 0) is 4.79 Å². The van der Waals surface area contributed by atoms with Crippen molar-refractivity contribution in [1.82, 2.24) is 20.0 Å². The Hall–Kier alpha value is -1.89. The Labute approximate surface area is 158 Å². The molecule has 26 heavy (non-hydrogen) atoms. The number of thiophene rings is 1. The summed E-state index contributed by atoms with van der Waals surface area (Å²) in [4.78, 5) is 27.5. The van der Waals surface area contributed by atoms with Crippen LogP contribution in [0.2, 0.25) is 0 Å². The monoisotopic (exact) mass is 376 g/mol. The van der Waals surface area contributed by atoms with E-state index in [1.807, 2.05) is 13.0 Å². The van der Waals surface area contributed by atoms with Crippen LogP contribution in [-0.4, -0.2) is 47.1 Å². The summed E-state index contributed by atoms with van der Waals surface area (Å²) >= 11 is 1.53. The molecule has 2 aromatic rings. The van der Waals surface area contributed by atoms with E-state index in [1.165, 1.54) is 43.4 Å². The number of hydrogen-bond acceptors (Lipinski definition) is 4. The Bertz CT molecular complexity index is 787. The first-order valence-electron chi connectivity index (χ1n) is 9.44. The van der Waals surface area contributed by atoms with Gasteiger partial charge in [-0.05, 0) is 32.3 Å². The summed E-state index contributed by atoms with van der Waals surface area (Å²) in [6.07, 6.45) is 7.29. The standard InChI is InChI=1S/C19H28N4O2S/c1-13-15-12-16(18(25)20-11-7-10-17(24)22(2)3)26-19(15)23(21-13)14-8-5-4-6-9-14/h12,14H,4-11H2,1-3H3,(H,20,25). The highest BCUT2D eigenvalue weighted by molar-refractivity contribution is 7.20. The van der Waals surface area contributed by atoms with Gasteiger partial charge in [-0.3, -0.25) is 14.3 Å². The molecule has 0 radical (unpaired) electrons. The van der Waals surface area contributed by atoms with Crippen molar-refractivity contribution >= 4 is 33.4 Å². The fraction of sp³-hybridized carbons (Fsp3) is 0.632. The number of aromatic nitrogens is 2. The van der Waals surface area contributed by atoms with E-state index < -0.39 is 0 Å². The van der Waals surface area contributed by atoms with Crippen LogP contribution in [0.4, 0.5) is 0 Å². The molecule has 2 heterocycles. The SMILES string of the molecule is Cc1nn(C2CCCCC2)c2sc(C(=O)NCCCC(=O)N(C)C)cc12. The molecule has 0 unspecified atom stereocenters. The van der Waals surface area contributed by atoms with Gasteiger partial charge in [-0.1, -0.05) is 19.3 Å². The second-order valence-electron chi connectivity index (χ2n) is 7.30. The van der Waals surface area contributed by atoms with Gasteiger partial charge in [0.1, 0.15) is 4.83 Å². The number of amides is 2. The van der Waals surface area contributed by atoms with E-state index in [0.717, 1.165) is 20.8 Å². The first-order valence-corrected chi connectivity index (χ1v) is 10.3. The molecular weight excluding hydrogens is 348 g/mol. The first kappa shape index (κ1) is 18.9. The lowest BCUT2D eigenvalue weighted by Crippen LogP contribution is -2.26. The van der Waals surface area contributed by atoms with Crippen molar-refractivity contribution in [3.05, 3.63) is 16.6 Å². The van der Waals surface area contributed by atoms with Crippen molar-refractivity contribution in [2.45, 2.75) is 57.9 Å². The number of aryl methyl sites for hydroxylation is 1. The molecule has 0 spiro atoms. The van der Waals surface area contributed by atoms with Crippen LogP contribution >= 0.6 is 11.3 Å². The number of carbonyl (C=O) groups excluding carboxylic acids is 2. The van der Waals surface area contributed by atoms with Gasteiger partial charge in [0.05, 0.1) is 16.6 Å². The number of hydrogen-bond donors (Lipinski definition) is 1. The second-order valence-corrected chi connectivity index (χ2v) is 8.33. The summed E-state index contributed by atoms with van der Waals surface area (Å²) in [5.74, 6) is 0.0300. The van der Waals surface area contributed by atoms with Crippen molar-refractivity contribution in [2.75, 3.05) is 20.6 Å². The first-order chi connectivity index (χ1) is 12.5. The Balaban J connectivity index is 1.65. The molecule has 142 valence electrons. The minimum Gasteiger partial charge on any atom is -0.351 e. The third-order valence-electron chi connectivity index (χ3n) is 5.06. The molecule has 1 fully saturated rings. The zero-order valence-corrected chi connectivity index (χ0v) is 16.7. The summed E-state index contributed by atoms with van der Waals surface area (Å²) in [6, 6.07) is 2.42. The molecule has 1 N–H and O–H groups in total. The van der Waals surface area contributed by atoms with Gasteiger partial charge < -0.3 is 10.2 Å². The highest BCUT2D eigenvalue weighted by Gasteiger charge is 2.22. The van der Waals surface area contributed by atoms with Crippen molar-refractivity contribution in [3.63, 3.8) is 0 Å². The Morgan fingerprint density at radius 1 is 1.31 bits per heavy atom. The zero-order chi connectivity index (χ0) is 18.7. The summed E-state index contributed by atoms with van der Waals surface area (Å²) in [5, 5.41) is 8.76. The minimum atomic E-state index is -0.0573. The average Bonchev–Trinajstić information content (AvgIpc) is 3.20. The quantitative estimate of drug-likeness (QED) is 0.785. The maximum atomic E-state index is 12.5. The molecule has 1 aliphatic rings. The maximum Gasteiger partial charge on any atom is 0.261 e. The van der Waals surface area contributed by atoms with Gasteiger partial charge in [0.25, 0.3) is 5.91 Å². The molecule has 1 saturated carbocycles. The largest absolute Gasteiger partial charge is 0.351 e. The predicted molar refractivity (Wildman–Crippen MR) is 105 cm³/mol. The van der Waals surface area contributed by atoms with Gasteiger partial charge in [0.15, 0.2) is 0 Å². The van der Waals surface area contributed by atoms with Crippen LogP contribution in [0.3, 0.4) is 0 Å². The molecule has 0 bridgehead atoms. The van der Waals surface area contributed by atoms with Crippen LogP contribution in [0, 0.1) is 6.92 Å². The van der Waals surface area contributed by atoms with Gasteiger partial charge in [-0.25, -0.2) is 0 Å². The van der Waals surface area contributed by atoms with Crippen molar-refractivity contribution in [1.29, 1.82) is 0 Å². The molecule has 1 aliphatic carbocycles. The molecule has 6 nitrogen and oxygen atoms in total. The van der Waals surface area contributed by atoms with Crippen molar-refractivity contribution < 1.29 is 9.59 Å².